The van der Waals surface area contributed by atoms with Crippen molar-refractivity contribution in [3.8, 4) is 0 Å². The molecule has 0 radical (unpaired) electrons. The Hall–Kier alpha value is -2.37. The average Bonchev–Trinajstić information content (AvgIpc) is 2.39. The number of ether oxygens (including phenoxy) is 1. The van der Waals surface area contributed by atoms with E-state index in [0.29, 0.717) is 6.42 Å². The van der Waals surface area contributed by atoms with Gasteiger partial charge in [0.25, 0.3) is 5.69 Å². The number of nitro groups is 1. The molecule has 1 aromatic rings. The van der Waals surface area contributed by atoms with E-state index in [4.69, 9.17) is 4.74 Å². The minimum absolute atomic E-state index is 0.126. The van der Waals surface area contributed by atoms with Crippen molar-refractivity contribution in [3.05, 3.63) is 46.5 Å². The second-order valence-corrected chi connectivity index (χ2v) is 3.70. The van der Waals surface area contributed by atoms with Crippen molar-refractivity contribution in [3.63, 3.8) is 0 Å². The Balaban J connectivity index is 2.48. The minimum Gasteiger partial charge on any atom is -0.449 e. The molecule has 1 N–H and O–H groups in total. The van der Waals surface area contributed by atoms with Gasteiger partial charge in [-0.1, -0.05) is 31.2 Å². The molecule has 0 heterocycles. The first-order chi connectivity index (χ1) is 9.15. The molecule has 0 bridgehead atoms. The second kappa shape index (κ2) is 7.86. The van der Waals surface area contributed by atoms with Crippen LogP contribution in [0.4, 0.5) is 16.2 Å². The Bertz CT molecular complexity index is 471. The van der Waals surface area contributed by atoms with Crippen LogP contribution in [0.5, 0.6) is 0 Å². The van der Waals surface area contributed by atoms with E-state index < -0.39 is 11.0 Å². The van der Waals surface area contributed by atoms with E-state index in [2.05, 4.69) is 5.32 Å². The van der Waals surface area contributed by atoms with Crippen molar-refractivity contribution >= 4 is 17.5 Å². The Morgan fingerprint density at radius 1 is 1.42 bits per heavy atom. The van der Waals surface area contributed by atoms with Gasteiger partial charge in [0.15, 0.2) is 0 Å². The third-order valence-electron chi connectivity index (χ3n) is 2.26. The lowest BCUT2D eigenvalue weighted by molar-refractivity contribution is -0.383. The van der Waals surface area contributed by atoms with Gasteiger partial charge in [-0.15, -0.1) is 0 Å². The summed E-state index contributed by atoms with van der Waals surface area (Å²) in [5.74, 6) is 0. The van der Waals surface area contributed by atoms with Gasteiger partial charge in [-0.25, -0.2) is 4.79 Å². The van der Waals surface area contributed by atoms with Crippen LogP contribution in [0.1, 0.15) is 19.8 Å². The Morgan fingerprint density at radius 2 is 2.16 bits per heavy atom. The van der Waals surface area contributed by atoms with Gasteiger partial charge < -0.3 is 4.74 Å². The minimum atomic E-state index is -0.695. The molecule has 0 atom stereocenters. The number of rotatable bonds is 6. The molecule has 0 aromatic heterocycles. The van der Waals surface area contributed by atoms with Crippen LogP contribution in [0.25, 0.3) is 0 Å². The Labute approximate surface area is 111 Å². The fourth-order valence-electron chi connectivity index (χ4n) is 1.39. The number of anilines is 1. The molecular formula is C13H16N2O4. The van der Waals surface area contributed by atoms with Crippen molar-refractivity contribution in [2.45, 2.75) is 19.8 Å². The molecule has 6 heteroatoms. The molecule has 1 rings (SSSR count). The fourth-order valence-corrected chi connectivity index (χ4v) is 1.39. The summed E-state index contributed by atoms with van der Waals surface area (Å²) >= 11 is 0. The summed E-state index contributed by atoms with van der Waals surface area (Å²) in [6.07, 6.45) is 4.75. The van der Waals surface area contributed by atoms with Gasteiger partial charge in [0.1, 0.15) is 5.69 Å². The van der Waals surface area contributed by atoms with Crippen LogP contribution in [0.2, 0.25) is 0 Å². The maximum absolute atomic E-state index is 11.4. The highest BCUT2D eigenvalue weighted by Gasteiger charge is 2.14. The predicted molar refractivity (Wildman–Crippen MR) is 72.1 cm³/mol. The number of benzene rings is 1. The third-order valence-corrected chi connectivity index (χ3v) is 2.26. The zero-order valence-electron chi connectivity index (χ0n) is 10.7. The molecule has 0 fully saturated rings. The number of hydrogen-bond donors (Lipinski definition) is 1. The lowest BCUT2D eigenvalue weighted by Gasteiger charge is -2.06. The smallest absolute Gasteiger partial charge is 0.411 e. The van der Waals surface area contributed by atoms with Crippen molar-refractivity contribution in [2.24, 2.45) is 0 Å². The molecule has 0 aliphatic carbocycles. The molecule has 0 saturated carbocycles. The van der Waals surface area contributed by atoms with Gasteiger partial charge in [-0.3, -0.25) is 15.4 Å². The normalized spacial score (nSPS) is 10.4. The summed E-state index contributed by atoms with van der Waals surface area (Å²) in [4.78, 5) is 21.6. The van der Waals surface area contributed by atoms with Crippen LogP contribution in [0.3, 0.4) is 0 Å². The van der Waals surface area contributed by atoms with Gasteiger partial charge in [-0.2, -0.15) is 0 Å². The van der Waals surface area contributed by atoms with Crippen LogP contribution < -0.4 is 5.32 Å². The summed E-state index contributed by atoms with van der Waals surface area (Å²) < 4.78 is 4.90. The number of amides is 1. The molecule has 1 amide bonds. The summed E-state index contributed by atoms with van der Waals surface area (Å²) in [7, 11) is 0. The number of nitrogens with one attached hydrogen (secondary N) is 1. The van der Waals surface area contributed by atoms with E-state index in [-0.39, 0.29) is 18.0 Å². The standard InChI is InChI=1S/C13H16N2O4/c1-2-3-4-7-10-19-13(16)14-11-8-5-6-9-12(11)15(17)18/h3-6,8-9H,2,7,10H2,1H3,(H,14,16)/b4-3+. The molecule has 6 nitrogen and oxygen atoms in total. The molecular weight excluding hydrogens is 248 g/mol. The highest BCUT2D eigenvalue weighted by atomic mass is 16.6. The number of carbonyl (C=O) groups is 1. The molecule has 0 aliphatic heterocycles. The second-order valence-electron chi connectivity index (χ2n) is 3.70. The van der Waals surface area contributed by atoms with E-state index in [1.807, 2.05) is 19.1 Å². The third kappa shape index (κ3) is 5.20. The number of hydrogen-bond acceptors (Lipinski definition) is 4. The predicted octanol–water partition coefficient (Wildman–Crippen LogP) is 3.50. The van der Waals surface area contributed by atoms with Crippen molar-refractivity contribution in [2.75, 3.05) is 11.9 Å². The highest BCUT2D eigenvalue weighted by Crippen LogP contribution is 2.23. The topological polar surface area (TPSA) is 81.5 Å². The summed E-state index contributed by atoms with van der Waals surface area (Å²) in [6.45, 7) is 2.25. The quantitative estimate of drug-likeness (QED) is 0.369. The van der Waals surface area contributed by atoms with Gasteiger partial charge in [-0.05, 0) is 18.9 Å². The van der Waals surface area contributed by atoms with E-state index in [1.165, 1.54) is 18.2 Å². The van der Waals surface area contributed by atoms with Crippen molar-refractivity contribution in [1.82, 2.24) is 0 Å². The summed E-state index contributed by atoms with van der Waals surface area (Å²) in [5.41, 5.74) is -0.0353. The van der Waals surface area contributed by atoms with Crippen LogP contribution in [-0.4, -0.2) is 17.6 Å². The van der Waals surface area contributed by atoms with Crippen LogP contribution >= 0.6 is 0 Å². The zero-order valence-corrected chi connectivity index (χ0v) is 10.7. The van der Waals surface area contributed by atoms with Gasteiger partial charge >= 0.3 is 6.09 Å². The van der Waals surface area contributed by atoms with E-state index in [0.717, 1.165) is 6.42 Å². The van der Waals surface area contributed by atoms with Gasteiger partial charge in [0, 0.05) is 6.07 Å². The van der Waals surface area contributed by atoms with Crippen LogP contribution in [0.15, 0.2) is 36.4 Å². The van der Waals surface area contributed by atoms with Crippen LogP contribution in [0, 0.1) is 10.1 Å². The van der Waals surface area contributed by atoms with E-state index in [1.54, 1.807) is 6.07 Å². The highest BCUT2D eigenvalue weighted by molar-refractivity contribution is 5.87. The maximum Gasteiger partial charge on any atom is 0.411 e. The molecule has 0 unspecified atom stereocenters. The SMILES string of the molecule is CC/C=C/CCOC(=O)Nc1ccccc1[N+](=O)[O-]. The first-order valence-corrected chi connectivity index (χ1v) is 5.97. The lowest BCUT2D eigenvalue weighted by Crippen LogP contribution is -2.15. The molecule has 19 heavy (non-hydrogen) atoms. The van der Waals surface area contributed by atoms with Gasteiger partial charge in [0.2, 0.25) is 0 Å². The largest absolute Gasteiger partial charge is 0.449 e. The Kier molecular flexibility index (Phi) is 6.08. The maximum atomic E-state index is 11.4. The lowest BCUT2D eigenvalue weighted by atomic mass is 10.3. The summed E-state index contributed by atoms with van der Waals surface area (Å²) in [5, 5.41) is 13.1. The molecule has 1 aromatic carbocycles. The monoisotopic (exact) mass is 264 g/mol. The zero-order chi connectivity index (χ0) is 14.1. The Morgan fingerprint density at radius 3 is 2.84 bits per heavy atom. The molecule has 0 saturated heterocycles. The first kappa shape index (κ1) is 14.7. The number of allylic oxidation sites excluding steroid dienone is 1. The molecule has 0 aliphatic rings. The number of nitro benzene ring substituents is 1. The molecule has 102 valence electrons. The van der Waals surface area contributed by atoms with Crippen LogP contribution in [-0.2, 0) is 4.74 Å². The van der Waals surface area contributed by atoms with E-state index in [9.17, 15) is 14.9 Å². The summed E-state index contributed by atoms with van der Waals surface area (Å²) in [6, 6.07) is 5.91. The average molecular weight is 264 g/mol. The van der Waals surface area contributed by atoms with Crippen molar-refractivity contribution in [1.29, 1.82) is 0 Å². The number of carbonyl (C=O) groups excluding carboxylic acids is 1. The number of para-hydroxylation sites is 2. The fraction of sp³-hybridized carbons (Fsp3) is 0.308. The number of nitrogens with zero attached hydrogens (tertiary/aromatic N) is 1. The first-order valence-electron chi connectivity index (χ1n) is 5.97. The van der Waals surface area contributed by atoms with E-state index >= 15 is 0 Å². The van der Waals surface area contributed by atoms with Gasteiger partial charge in [0.05, 0.1) is 11.5 Å². The molecule has 0 spiro atoms. The van der Waals surface area contributed by atoms with Crippen molar-refractivity contribution < 1.29 is 14.5 Å².